The fraction of sp³-hybridized carbons (Fsp3) is 0.727. The van der Waals surface area contributed by atoms with Crippen LogP contribution in [0.15, 0.2) is 12.3 Å². The van der Waals surface area contributed by atoms with E-state index in [2.05, 4.69) is 34.4 Å². The van der Waals surface area contributed by atoms with Crippen molar-refractivity contribution in [2.24, 2.45) is 0 Å². The van der Waals surface area contributed by atoms with E-state index >= 15 is 0 Å². The molecule has 92 valence electrons. The molecule has 0 amide bonds. The van der Waals surface area contributed by atoms with Crippen LogP contribution in [0.2, 0.25) is 0 Å². The lowest BCUT2D eigenvalue weighted by molar-refractivity contribution is 0.241. The number of aromatic nitrogens is 2. The molecule has 0 bridgehead atoms. The summed E-state index contributed by atoms with van der Waals surface area (Å²) in [7, 11) is 2.22. The van der Waals surface area contributed by atoms with E-state index in [1.54, 1.807) is 6.20 Å². The molecule has 1 aliphatic carbocycles. The van der Waals surface area contributed by atoms with Crippen molar-refractivity contribution in [1.82, 2.24) is 20.4 Å². The summed E-state index contributed by atoms with van der Waals surface area (Å²) < 4.78 is 0. The standard InChI is InChI=1S/C11H20N4.ClH/c1-9(15(2)11-3-4-11)7-12-8-10-5-6-13-14-10;/h5-6,9,11-12H,3-4,7-8H2,1-2H3,(H,13,14);1H. The molecule has 4 nitrogen and oxygen atoms in total. The molecule has 5 heteroatoms. The van der Waals surface area contributed by atoms with Gasteiger partial charge < -0.3 is 5.32 Å². The molecule has 1 atom stereocenters. The first kappa shape index (κ1) is 13.5. The summed E-state index contributed by atoms with van der Waals surface area (Å²) in [4.78, 5) is 2.47. The van der Waals surface area contributed by atoms with Gasteiger partial charge in [0.2, 0.25) is 0 Å². The fourth-order valence-electron chi connectivity index (χ4n) is 1.78. The van der Waals surface area contributed by atoms with Crippen LogP contribution in [-0.4, -0.2) is 40.8 Å². The van der Waals surface area contributed by atoms with Crippen LogP contribution in [0.4, 0.5) is 0 Å². The zero-order valence-electron chi connectivity index (χ0n) is 9.94. The molecule has 0 aromatic carbocycles. The van der Waals surface area contributed by atoms with E-state index in [9.17, 15) is 0 Å². The molecular formula is C11H21ClN4. The van der Waals surface area contributed by atoms with Crippen molar-refractivity contribution in [3.8, 4) is 0 Å². The quantitative estimate of drug-likeness (QED) is 0.795. The normalized spacial score (nSPS) is 17.2. The molecule has 0 saturated heterocycles. The summed E-state index contributed by atoms with van der Waals surface area (Å²) in [6, 6.07) is 3.46. The van der Waals surface area contributed by atoms with Crippen LogP contribution < -0.4 is 5.32 Å². The zero-order chi connectivity index (χ0) is 10.7. The average molecular weight is 245 g/mol. The third-order valence-electron chi connectivity index (χ3n) is 3.13. The highest BCUT2D eigenvalue weighted by atomic mass is 35.5. The Balaban J connectivity index is 0.00000128. The van der Waals surface area contributed by atoms with Gasteiger partial charge in [-0.1, -0.05) is 0 Å². The van der Waals surface area contributed by atoms with E-state index in [0.29, 0.717) is 6.04 Å². The van der Waals surface area contributed by atoms with Crippen molar-refractivity contribution in [2.75, 3.05) is 13.6 Å². The van der Waals surface area contributed by atoms with Gasteiger partial charge in [-0.3, -0.25) is 10.00 Å². The molecule has 0 radical (unpaired) electrons. The molecule has 2 rings (SSSR count). The highest BCUT2D eigenvalue weighted by molar-refractivity contribution is 5.85. The SMILES string of the molecule is CC(CNCc1ccn[nH]1)N(C)C1CC1.Cl. The lowest BCUT2D eigenvalue weighted by Crippen LogP contribution is -2.38. The Hall–Kier alpha value is -0.580. The number of hydrogen-bond acceptors (Lipinski definition) is 3. The number of rotatable bonds is 6. The van der Waals surface area contributed by atoms with E-state index in [1.807, 2.05) is 6.07 Å². The van der Waals surface area contributed by atoms with Gasteiger partial charge in [0, 0.05) is 37.1 Å². The van der Waals surface area contributed by atoms with Crippen LogP contribution in [-0.2, 0) is 6.54 Å². The number of nitrogens with one attached hydrogen (secondary N) is 2. The molecule has 1 aliphatic rings. The predicted octanol–water partition coefficient (Wildman–Crippen LogP) is 1.40. The molecule has 1 saturated carbocycles. The Morgan fingerprint density at radius 3 is 2.94 bits per heavy atom. The van der Waals surface area contributed by atoms with Gasteiger partial charge in [0.25, 0.3) is 0 Å². The zero-order valence-corrected chi connectivity index (χ0v) is 10.8. The fourth-order valence-corrected chi connectivity index (χ4v) is 1.78. The second kappa shape index (κ2) is 6.23. The third kappa shape index (κ3) is 3.77. The Kier molecular flexibility index (Phi) is 5.25. The van der Waals surface area contributed by atoms with Crippen molar-refractivity contribution in [3.63, 3.8) is 0 Å². The molecule has 16 heavy (non-hydrogen) atoms. The molecule has 0 aliphatic heterocycles. The van der Waals surface area contributed by atoms with Gasteiger partial charge in [-0.05, 0) is 32.9 Å². The van der Waals surface area contributed by atoms with Gasteiger partial charge in [-0.25, -0.2) is 0 Å². The second-order valence-corrected chi connectivity index (χ2v) is 4.46. The maximum atomic E-state index is 3.92. The minimum Gasteiger partial charge on any atom is -0.310 e. The smallest absolute Gasteiger partial charge is 0.0490 e. The van der Waals surface area contributed by atoms with Crippen LogP contribution in [0, 0.1) is 0 Å². The van der Waals surface area contributed by atoms with E-state index in [0.717, 1.165) is 24.8 Å². The summed E-state index contributed by atoms with van der Waals surface area (Å²) >= 11 is 0. The number of H-pyrrole nitrogens is 1. The molecule has 1 unspecified atom stereocenters. The van der Waals surface area contributed by atoms with Crippen molar-refractivity contribution < 1.29 is 0 Å². The second-order valence-electron chi connectivity index (χ2n) is 4.46. The number of aromatic amines is 1. The molecule has 2 N–H and O–H groups in total. The van der Waals surface area contributed by atoms with Crippen molar-refractivity contribution in [1.29, 1.82) is 0 Å². The lowest BCUT2D eigenvalue weighted by Gasteiger charge is -2.24. The van der Waals surface area contributed by atoms with Crippen molar-refractivity contribution in [2.45, 2.75) is 38.4 Å². The molecule has 1 aromatic rings. The first-order valence-corrected chi connectivity index (χ1v) is 5.68. The van der Waals surface area contributed by atoms with E-state index in [1.165, 1.54) is 12.8 Å². The highest BCUT2D eigenvalue weighted by Gasteiger charge is 2.28. The summed E-state index contributed by atoms with van der Waals surface area (Å²) in [5.74, 6) is 0. The van der Waals surface area contributed by atoms with Gasteiger partial charge in [0.05, 0.1) is 0 Å². The van der Waals surface area contributed by atoms with Crippen LogP contribution in [0.5, 0.6) is 0 Å². The van der Waals surface area contributed by atoms with Gasteiger partial charge >= 0.3 is 0 Å². The highest BCUT2D eigenvalue weighted by Crippen LogP contribution is 2.26. The van der Waals surface area contributed by atoms with Gasteiger partial charge in [-0.2, -0.15) is 5.10 Å². The Morgan fingerprint density at radius 2 is 2.38 bits per heavy atom. The Labute approximate surface area is 103 Å². The molecule has 0 spiro atoms. The van der Waals surface area contributed by atoms with Crippen LogP contribution in [0.1, 0.15) is 25.5 Å². The predicted molar refractivity (Wildman–Crippen MR) is 67.8 cm³/mol. The number of nitrogens with zero attached hydrogens (tertiary/aromatic N) is 2. The number of halogens is 1. The first-order valence-electron chi connectivity index (χ1n) is 5.68. The van der Waals surface area contributed by atoms with Gasteiger partial charge in [-0.15, -0.1) is 12.4 Å². The number of likely N-dealkylation sites (N-methyl/N-ethyl adjacent to an activating group) is 1. The minimum absolute atomic E-state index is 0. The largest absolute Gasteiger partial charge is 0.310 e. The summed E-state index contributed by atoms with van der Waals surface area (Å²) in [5.41, 5.74) is 1.15. The van der Waals surface area contributed by atoms with Gasteiger partial charge in [0.15, 0.2) is 0 Å². The summed E-state index contributed by atoms with van der Waals surface area (Å²) in [5, 5.41) is 10.3. The molecule has 1 aromatic heterocycles. The Bertz CT molecular complexity index is 284. The summed E-state index contributed by atoms with van der Waals surface area (Å²) in [6.07, 6.45) is 4.54. The monoisotopic (exact) mass is 244 g/mol. The van der Waals surface area contributed by atoms with Crippen LogP contribution in [0.25, 0.3) is 0 Å². The van der Waals surface area contributed by atoms with Crippen LogP contribution >= 0.6 is 12.4 Å². The average Bonchev–Trinajstić information content (AvgIpc) is 2.96. The van der Waals surface area contributed by atoms with E-state index < -0.39 is 0 Å². The Morgan fingerprint density at radius 1 is 1.62 bits per heavy atom. The molecular weight excluding hydrogens is 224 g/mol. The number of hydrogen-bond donors (Lipinski definition) is 2. The summed E-state index contributed by atoms with van der Waals surface area (Å²) in [6.45, 7) is 4.19. The molecule has 1 fully saturated rings. The third-order valence-corrected chi connectivity index (χ3v) is 3.13. The van der Waals surface area contributed by atoms with Crippen LogP contribution in [0.3, 0.4) is 0 Å². The first-order chi connectivity index (χ1) is 7.27. The topological polar surface area (TPSA) is 44.0 Å². The lowest BCUT2D eigenvalue weighted by atomic mass is 10.3. The van der Waals surface area contributed by atoms with E-state index in [4.69, 9.17) is 0 Å². The maximum absolute atomic E-state index is 3.92. The van der Waals surface area contributed by atoms with E-state index in [-0.39, 0.29) is 12.4 Å². The van der Waals surface area contributed by atoms with Crippen molar-refractivity contribution in [3.05, 3.63) is 18.0 Å². The minimum atomic E-state index is 0. The maximum Gasteiger partial charge on any atom is 0.0490 e. The molecule has 1 heterocycles. The van der Waals surface area contributed by atoms with Gasteiger partial charge in [0.1, 0.15) is 0 Å². The van der Waals surface area contributed by atoms with Crippen molar-refractivity contribution >= 4 is 12.4 Å².